The van der Waals surface area contributed by atoms with Gasteiger partial charge in [0.05, 0.1) is 17.3 Å². The van der Waals surface area contributed by atoms with Crippen LogP contribution in [0.2, 0.25) is 10.0 Å². The fourth-order valence-corrected chi connectivity index (χ4v) is 2.95. The number of nitrogens with one attached hydrogen (secondary N) is 1. The Balaban J connectivity index is 2.24. The molecule has 0 unspecified atom stereocenters. The molecule has 0 fully saturated rings. The van der Waals surface area contributed by atoms with E-state index >= 15 is 0 Å². The van der Waals surface area contributed by atoms with Gasteiger partial charge in [0.1, 0.15) is 5.75 Å². The molecule has 3 nitrogen and oxygen atoms in total. The first-order chi connectivity index (χ1) is 9.51. The molecule has 2 rings (SSSR count). The second-order valence-electron chi connectivity index (χ2n) is 4.10. The Morgan fingerprint density at radius 2 is 1.95 bits per heavy atom. The maximum atomic E-state index is 9.78. The van der Waals surface area contributed by atoms with E-state index in [0.29, 0.717) is 27.9 Å². The van der Waals surface area contributed by atoms with E-state index in [1.165, 1.54) is 0 Å². The lowest BCUT2D eigenvalue weighted by atomic mass is 10.2. The average Bonchev–Trinajstić information content (AvgIpc) is 2.39. The van der Waals surface area contributed by atoms with Gasteiger partial charge >= 0.3 is 0 Å². The molecule has 0 radical (unpaired) electrons. The Morgan fingerprint density at radius 3 is 2.65 bits per heavy atom. The zero-order valence-corrected chi connectivity index (χ0v) is 13.7. The van der Waals surface area contributed by atoms with E-state index in [-0.39, 0.29) is 5.75 Å². The van der Waals surface area contributed by atoms with Crippen LogP contribution in [0, 0.1) is 0 Å². The molecule has 0 aliphatic carbocycles. The number of benzene rings is 2. The van der Waals surface area contributed by atoms with Crippen molar-refractivity contribution < 1.29 is 9.84 Å². The second-order valence-corrected chi connectivity index (χ2v) is 5.82. The number of phenols is 1. The number of ether oxygens (including phenoxy) is 1. The van der Waals surface area contributed by atoms with E-state index in [0.717, 1.165) is 10.2 Å². The minimum absolute atomic E-state index is 0.182. The van der Waals surface area contributed by atoms with Crippen molar-refractivity contribution >= 4 is 44.8 Å². The third-order valence-corrected chi connectivity index (χ3v) is 3.77. The number of rotatable bonds is 4. The number of aromatic hydroxyl groups is 1. The summed E-state index contributed by atoms with van der Waals surface area (Å²) in [5, 5.41) is 14.1. The predicted molar refractivity (Wildman–Crippen MR) is 86.1 cm³/mol. The predicted octanol–water partition coefficient (Wildman–Crippen LogP) is 5.08. The minimum atomic E-state index is 0.182. The molecular formula is C14H12BrCl2NO2. The highest BCUT2D eigenvalue weighted by atomic mass is 79.9. The molecule has 2 aromatic rings. The number of methoxy groups -OCH3 is 1. The van der Waals surface area contributed by atoms with Crippen molar-refractivity contribution in [1.82, 2.24) is 0 Å². The molecule has 0 atom stereocenters. The standard InChI is InChI=1S/C14H12BrCl2NO2/c1-20-14-11(15)5-10(17)6-12(14)18-7-8-4-9(16)2-3-13(8)19/h2-6,18-19H,7H2,1H3. The normalized spacial score (nSPS) is 10.4. The summed E-state index contributed by atoms with van der Waals surface area (Å²) in [4.78, 5) is 0. The summed E-state index contributed by atoms with van der Waals surface area (Å²) in [5.41, 5.74) is 1.42. The highest BCUT2D eigenvalue weighted by Gasteiger charge is 2.10. The van der Waals surface area contributed by atoms with Gasteiger partial charge in [-0.15, -0.1) is 0 Å². The van der Waals surface area contributed by atoms with Gasteiger partial charge in [0.25, 0.3) is 0 Å². The third-order valence-electron chi connectivity index (χ3n) is 2.72. The monoisotopic (exact) mass is 375 g/mol. The van der Waals surface area contributed by atoms with Gasteiger partial charge in [-0.05, 0) is 46.3 Å². The number of hydrogen-bond acceptors (Lipinski definition) is 3. The topological polar surface area (TPSA) is 41.5 Å². The molecule has 0 amide bonds. The van der Waals surface area contributed by atoms with Crippen molar-refractivity contribution in [2.45, 2.75) is 6.54 Å². The van der Waals surface area contributed by atoms with Gasteiger partial charge in [-0.2, -0.15) is 0 Å². The number of anilines is 1. The average molecular weight is 377 g/mol. The van der Waals surface area contributed by atoms with E-state index in [2.05, 4.69) is 21.2 Å². The molecule has 6 heteroatoms. The number of phenolic OH excluding ortho intramolecular Hbond substituents is 1. The maximum Gasteiger partial charge on any atom is 0.156 e. The lowest BCUT2D eigenvalue weighted by molar-refractivity contribution is 0.413. The smallest absolute Gasteiger partial charge is 0.156 e. The van der Waals surface area contributed by atoms with Crippen LogP contribution in [0.3, 0.4) is 0 Å². The highest BCUT2D eigenvalue weighted by molar-refractivity contribution is 9.10. The minimum Gasteiger partial charge on any atom is -0.508 e. The van der Waals surface area contributed by atoms with Crippen molar-refractivity contribution in [2.24, 2.45) is 0 Å². The van der Waals surface area contributed by atoms with Gasteiger partial charge in [0, 0.05) is 22.2 Å². The molecular weight excluding hydrogens is 365 g/mol. The summed E-state index contributed by atoms with van der Waals surface area (Å²) in [6.45, 7) is 0.398. The van der Waals surface area contributed by atoms with Crippen LogP contribution in [-0.4, -0.2) is 12.2 Å². The zero-order chi connectivity index (χ0) is 14.7. The molecule has 2 aromatic carbocycles. The molecule has 20 heavy (non-hydrogen) atoms. The van der Waals surface area contributed by atoms with Gasteiger partial charge in [-0.3, -0.25) is 0 Å². The van der Waals surface area contributed by atoms with Crippen molar-refractivity contribution in [2.75, 3.05) is 12.4 Å². The summed E-state index contributed by atoms with van der Waals surface area (Å²) in [6.07, 6.45) is 0. The lowest BCUT2D eigenvalue weighted by Crippen LogP contribution is -2.02. The van der Waals surface area contributed by atoms with Gasteiger partial charge in [-0.25, -0.2) is 0 Å². The summed E-state index contributed by atoms with van der Waals surface area (Å²) in [6, 6.07) is 8.41. The molecule has 0 bridgehead atoms. The molecule has 0 aliphatic heterocycles. The Bertz CT molecular complexity index is 635. The quantitative estimate of drug-likeness (QED) is 0.781. The Morgan fingerprint density at radius 1 is 1.20 bits per heavy atom. The number of halogens is 3. The van der Waals surface area contributed by atoms with Crippen LogP contribution < -0.4 is 10.1 Å². The zero-order valence-electron chi connectivity index (χ0n) is 10.6. The maximum absolute atomic E-state index is 9.78. The summed E-state index contributed by atoms with van der Waals surface area (Å²) in [7, 11) is 1.58. The first kappa shape index (κ1) is 15.3. The molecule has 2 N–H and O–H groups in total. The highest BCUT2D eigenvalue weighted by Crippen LogP contribution is 2.36. The van der Waals surface area contributed by atoms with Crippen LogP contribution in [0.1, 0.15) is 5.56 Å². The Hall–Kier alpha value is -1.10. The van der Waals surface area contributed by atoms with E-state index in [9.17, 15) is 5.11 Å². The SMILES string of the molecule is COc1c(Br)cc(Cl)cc1NCc1cc(Cl)ccc1O. The Kier molecular flexibility index (Phi) is 5.02. The fraction of sp³-hybridized carbons (Fsp3) is 0.143. The first-order valence-electron chi connectivity index (χ1n) is 5.75. The third kappa shape index (κ3) is 3.51. The summed E-state index contributed by atoms with van der Waals surface area (Å²) < 4.78 is 6.07. The van der Waals surface area contributed by atoms with Crippen LogP contribution in [0.25, 0.3) is 0 Å². The molecule has 0 saturated carbocycles. The molecule has 0 spiro atoms. The van der Waals surface area contributed by atoms with Crippen LogP contribution in [0.15, 0.2) is 34.8 Å². The van der Waals surface area contributed by atoms with Gasteiger partial charge in [-0.1, -0.05) is 23.2 Å². The lowest BCUT2D eigenvalue weighted by Gasteiger charge is -2.14. The summed E-state index contributed by atoms with van der Waals surface area (Å²) >= 11 is 15.3. The molecule has 0 aliphatic rings. The first-order valence-corrected chi connectivity index (χ1v) is 7.30. The van der Waals surface area contributed by atoms with Crippen molar-refractivity contribution in [3.8, 4) is 11.5 Å². The van der Waals surface area contributed by atoms with Crippen LogP contribution in [0.4, 0.5) is 5.69 Å². The van der Waals surface area contributed by atoms with Crippen molar-refractivity contribution in [1.29, 1.82) is 0 Å². The van der Waals surface area contributed by atoms with Crippen LogP contribution >= 0.6 is 39.1 Å². The van der Waals surface area contributed by atoms with Gasteiger partial charge in [0.2, 0.25) is 0 Å². The second kappa shape index (κ2) is 6.57. The van der Waals surface area contributed by atoms with Crippen LogP contribution in [0.5, 0.6) is 11.5 Å². The van der Waals surface area contributed by atoms with E-state index in [1.54, 1.807) is 37.4 Å². The molecule has 0 aromatic heterocycles. The molecule has 0 heterocycles. The van der Waals surface area contributed by atoms with Crippen molar-refractivity contribution in [3.63, 3.8) is 0 Å². The van der Waals surface area contributed by atoms with Gasteiger partial charge < -0.3 is 15.2 Å². The largest absolute Gasteiger partial charge is 0.508 e. The fourth-order valence-electron chi connectivity index (χ4n) is 1.79. The van der Waals surface area contributed by atoms with Crippen LogP contribution in [-0.2, 0) is 6.54 Å². The Labute approximate surface area is 135 Å². The molecule has 106 valence electrons. The number of hydrogen-bond donors (Lipinski definition) is 2. The van der Waals surface area contributed by atoms with E-state index < -0.39 is 0 Å². The molecule has 0 saturated heterocycles. The summed E-state index contributed by atoms with van der Waals surface area (Å²) in [5.74, 6) is 0.831. The van der Waals surface area contributed by atoms with Crippen molar-refractivity contribution in [3.05, 3.63) is 50.4 Å². The van der Waals surface area contributed by atoms with E-state index in [4.69, 9.17) is 27.9 Å². The van der Waals surface area contributed by atoms with Gasteiger partial charge in [0.15, 0.2) is 5.75 Å². The van der Waals surface area contributed by atoms with E-state index in [1.807, 2.05) is 0 Å².